The Morgan fingerprint density at radius 3 is 2.52 bits per heavy atom. The maximum absolute atomic E-state index is 12.9. The Hall–Kier alpha value is -1.30. The predicted molar refractivity (Wildman–Crippen MR) is 83.6 cm³/mol. The van der Waals surface area contributed by atoms with Crippen molar-refractivity contribution in [3.05, 3.63) is 57.8 Å². The summed E-state index contributed by atoms with van der Waals surface area (Å²) in [5.74, 6) is 0. The Morgan fingerprint density at radius 1 is 1.19 bits per heavy atom. The normalized spacial score (nSPS) is 13.0. The highest BCUT2D eigenvalue weighted by Crippen LogP contribution is 2.27. The third-order valence-corrected chi connectivity index (χ3v) is 4.42. The molecule has 0 spiro atoms. The van der Waals surface area contributed by atoms with Crippen LogP contribution in [0.1, 0.15) is 35.4 Å². The van der Waals surface area contributed by atoms with E-state index in [-0.39, 0.29) is 11.6 Å². The lowest BCUT2D eigenvalue weighted by molar-refractivity contribution is 0.150. The highest BCUT2D eigenvalue weighted by molar-refractivity contribution is 7.09. The summed E-state index contributed by atoms with van der Waals surface area (Å²) in [4.78, 5) is 3.47. The zero-order valence-electron chi connectivity index (χ0n) is 12.0. The van der Waals surface area contributed by atoms with Crippen molar-refractivity contribution >= 4 is 11.3 Å². The summed E-state index contributed by atoms with van der Waals surface area (Å²) >= 11 is 1.70. The van der Waals surface area contributed by atoms with Crippen LogP contribution in [0.15, 0.2) is 41.8 Å². The Labute approximate surface area is 128 Å². The summed E-state index contributed by atoms with van der Waals surface area (Å²) < 4.78 is 25.7. The number of rotatable bonds is 7. The van der Waals surface area contributed by atoms with E-state index in [0.29, 0.717) is 6.54 Å². The molecule has 5 heteroatoms. The van der Waals surface area contributed by atoms with Crippen LogP contribution < -0.4 is 5.73 Å². The van der Waals surface area contributed by atoms with E-state index < -0.39 is 6.43 Å². The van der Waals surface area contributed by atoms with Crippen molar-refractivity contribution in [3.8, 4) is 0 Å². The molecule has 0 saturated heterocycles. The fourth-order valence-corrected chi connectivity index (χ4v) is 3.17. The van der Waals surface area contributed by atoms with Gasteiger partial charge in [-0.25, -0.2) is 8.78 Å². The second-order valence-electron chi connectivity index (χ2n) is 4.86. The molecule has 1 atom stereocenters. The topological polar surface area (TPSA) is 29.3 Å². The fraction of sp³-hybridized carbons (Fsp3) is 0.375. The fourth-order valence-electron chi connectivity index (χ4n) is 2.44. The highest BCUT2D eigenvalue weighted by Gasteiger charge is 2.19. The number of benzene rings is 1. The number of alkyl halides is 2. The number of hydrogen-bond acceptors (Lipinski definition) is 3. The minimum atomic E-state index is -2.45. The Bertz CT molecular complexity index is 543. The van der Waals surface area contributed by atoms with Crippen LogP contribution in [0.5, 0.6) is 0 Å². The average molecular weight is 310 g/mol. The highest BCUT2D eigenvalue weighted by atomic mass is 32.1. The van der Waals surface area contributed by atoms with Gasteiger partial charge in [0.1, 0.15) is 0 Å². The average Bonchev–Trinajstić information content (AvgIpc) is 3.00. The first-order valence-corrected chi connectivity index (χ1v) is 7.88. The molecule has 2 aromatic rings. The second kappa shape index (κ2) is 7.64. The van der Waals surface area contributed by atoms with Gasteiger partial charge in [-0.2, -0.15) is 0 Å². The van der Waals surface area contributed by atoms with Crippen molar-refractivity contribution in [3.63, 3.8) is 0 Å². The first-order valence-electron chi connectivity index (χ1n) is 7.00. The van der Waals surface area contributed by atoms with Crippen molar-refractivity contribution in [1.82, 2.24) is 4.90 Å². The van der Waals surface area contributed by atoms with E-state index >= 15 is 0 Å². The summed E-state index contributed by atoms with van der Waals surface area (Å²) in [6.07, 6.45) is -2.45. The molecule has 0 amide bonds. The molecule has 0 fully saturated rings. The van der Waals surface area contributed by atoms with Crippen LogP contribution in [0.4, 0.5) is 8.78 Å². The van der Waals surface area contributed by atoms with Crippen molar-refractivity contribution < 1.29 is 8.78 Å². The van der Waals surface area contributed by atoms with Crippen molar-refractivity contribution in [2.75, 3.05) is 13.1 Å². The second-order valence-corrected chi connectivity index (χ2v) is 5.90. The van der Waals surface area contributed by atoms with Gasteiger partial charge in [-0.1, -0.05) is 31.2 Å². The van der Waals surface area contributed by atoms with Gasteiger partial charge in [-0.15, -0.1) is 11.3 Å². The van der Waals surface area contributed by atoms with Gasteiger partial charge in [0.25, 0.3) is 6.43 Å². The Morgan fingerprint density at radius 2 is 1.95 bits per heavy atom. The summed E-state index contributed by atoms with van der Waals surface area (Å²) in [6.45, 7) is 4.08. The summed E-state index contributed by atoms with van der Waals surface area (Å²) in [6, 6.07) is 10.6. The summed E-state index contributed by atoms with van der Waals surface area (Å²) in [5, 5.41) is 2.04. The molecule has 1 aromatic carbocycles. The lowest BCUT2D eigenvalue weighted by atomic mass is 10.0. The van der Waals surface area contributed by atoms with Crippen LogP contribution in [-0.2, 0) is 6.54 Å². The van der Waals surface area contributed by atoms with Gasteiger partial charge in [0.15, 0.2) is 0 Å². The first kappa shape index (κ1) is 16.1. The van der Waals surface area contributed by atoms with E-state index in [9.17, 15) is 8.78 Å². The van der Waals surface area contributed by atoms with Crippen LogP contribution in [0.2, 0.25) is 0 Å². The summed E-state index contributed by atoms with van der Waals surface area (Å²) in [7, 11) is 0. The van der Waals surface area contributed by atoms with Gasteiger partial charge in [-0.05, 0) is 29.6 Å². The zero-order chi connectivity index (χ0) is 15.2. The molecule has 0 radical (unpaired) electrons. The van der Waals surface area contributed by atoms with Crippen LogP contribution in [-0.4, -0.2) is 18.0 Å². The molecule has 114 valence electrons. The standard InChI is InChI=1S/C16H20F2N2S/c1-2-20(11-14-7-4-8-21-14)15(10-19)12-5-3-6-13(9-12)16(17)18/h3-9,15-16H,2,10-11,19H2,1H3. The van der Waals surface area contributed by atoms with Gasteiger partial charge < -0.3 is 5.73 Å². The molecule has 1 heterocycles. The molecular formula is C16H20F2N2S. The quantitative estimate of drug-likeness (QED) is 0.830. The lowest BCUT2D eigenvalue weighted by Gasteiger charge is -2.30. The summed E-state index contributed by atoms with van der Waals surface area (Å²) in [5.41, 5.74) is 6.82. The molecule has 0 aliphatic carbocycles. The zero-order valence-corrected chi connectivity index (χ0v) is 12.8. The van der Waals surface area contributed by atoms with Crippen LogP contribution in [0.3, 0.4) is 0 Å². The van der Waals surface area contributed by atoms with Crippen LogP contribution >= 0.6 is 11.3 Å². The van der Waals surface area contributed by atoms with Gasteiger partial charge in [0, 0.05) is 29.6 Å². The SMILES string of the molecule is CCN(Cc1cccs1)C(CN)c1cccc(C(F)F)c1. The minimum absolute atomic E-state index is 0.0456. The number of nitrogens with zero attached hydrogens (tertiary/aromatic N) is 1. The van der Waals surface area contributed by atoms with Gasteiger partial charge >= 0.3 is 0 Å². The van der Waals surface area contributed by atoms with Crippen LogP contribution in [0.25, 0.3) is 0 Å². The molecule has 21 heavy (non-hydrogen) atoms. The van der Waals surface area contributed by atoms with E-state index in [0.717, 1.165) is 18.7 Å². The molecule has 2 N–H and O–H groups in total. The maximum Gasteiger partial charge on any atom is 0.263 e. The number of halogens is 2. The van der Waals surface area contributed by atoms with Crippen LogP contribution in [0, 0.1) is 0 Å². The molecule has 2 nitrogen and oxygen atoms in total. The largest absolute Gasteiger partial charge is 0.329 e. The Balaban J connectivity index is 2.22. The van der Waals surface area contributed by atoms with E-state index in [1.807, 2.05) is 17.5 Å². The Kier molecular flexibility index (Phi) is 5.85. The van der Waals surface area contributed by atoms with Gasteiger partial charge in [0.2, 0.25) is 0 Å². The minimum Gasteiger partial charge on any atom is -0.329 e. The van der Waals surface area contributed by atoms with E-state index in [4.69, 9.17) is 5.73 Å². The number of thiophene rings is 1. The van der Waals surface area contributed by atoms with Gasteiger partial charge in [-0.3, -0.25) is 4.90 Å². The monoisotopic (exact) mass is 310 g/mol. The van der Waals surface area contributed by atoms with Crippen molar-refractivity contribution in [2.45, 2.75) is 25.9 Å². The van der Waals surface area contributed by atoms with Crippen molar-refractivity contribution in [2.24, 2.45) is 5.73 Å². The molecular weight excluding hydrogens is 290 g/mol. The maximum atomic E-state index is 12.9. The number of nitrogens with two attached hydrogens (primary N) is 1. The molecule has 0 bridgehead atoms. The third-order valence-electron chi connectivity index (χ3n) is 3.56. The molecule has 1 unspecified atom stereocenters. The van der Waals surface area contributed by atoms with E-state index in [2.05, 4.69) is 17.9 Å². The third kappa shape index (κ3) is 4.09. The van der Waals surface area contributed by atoms with E-state index in [1.54, 1.807) is 23.5 Å². The molecule has 0 aliphatic rings. The number of likely N-dealkylation sites (N-methyl/N-ethyl adjacent to an activating group) is 1. The molecule has 1 aromatic heterocycles. The molecule has 2 rings (SSSR count). The lowest BCUT2D eigenvalue weighted by Crippen LogP contribution is -2.33. The smallest absolute Gasteiger partial charge is 0.263 e. The van der Waals surface area contributed by atoms with Gasteiger partial charge in [0.05, 0.1) is 0 Å². The van der Waals surface area contributed by atoms with Crippen molar-refractivity contribution in [1.29, 1.82) is 0 Å². The molecule has 0 aliphatic heterocycles. The molecule has 0 saturated carbocycles. The number of hydrogen-bond donors (Lipinski definition) is 1. The predicted octanol–water partition coefficient (Wildman–Crippen LogP) is 4.21. The van der Waals surface area contributed by atoms with E-state index in [1.165, 1.54) is 10.9 Å². The first-order chi connectivity index (χ1) is 10.2.